The number of urea groups is 1. The molecule has 1 heterocycles. The summed E-state index contributed by atoms with van der Waals surface area (Å²) in [6.07, 6.45) is 3.47. The van der Waals surface area contributed by atoms with Crippen LogP contribution in [0.2, 0.25) is 0 Å². The molecule has 0 aliphatic heterocycles. The molecule has 2 aromatic rings. The van der Waals surface area contributed by atoms with E-state index in [-0.39, 0.29) is 6.03 Å². The molecule has 1 aromatic carbocycles. The Morgan fingerprint density at radius 2 is 2.21 bits per heavy atom. The summed E-state index contributed by atoms with van der Waals surface area (Å²) in [5.41, 5.74) is 9.01. The maximum Gasteiger partial charge on any atom is 0.319 e. The van der Waals surface area contributed by atoms with E-state index in [2.05, 4.69) is 15.6 Å². The van der Waals surface area contributed by atoms with Crippen molar-refractivity contribution in [2.24, 2.45) is 0 Å². The van der Waals surface area contributed by atoms with Crippen LogP contribution in [0.4, 0.5) is 16.2 Å². The van der Waals surface area contributed by atoms with Crippen LogP contribution in [-0.4, -0.2) is 11.0 Å². The number of benzene rings is 1. The molecular weight excluding hydrogens is 240 g/mol. The van der Waals surface area contributed by atoms with Gasteiger partial charge in [-0.15, -0.1) is 0 Å². The van der Waals surface area contributed by atoms with Crippen LogP contribution in [0.5, 0.6) is 0 Å². The third kappa shape index (κ3) is 3.70. The molecule has 5 nitrogen and oxygen atoms in total. The average Bonchev–Trinajstić information content (AvgIpc) is 2.38. The molecule has 0 spiro atoms. The first-order valence-corrected chi connectivity index (χ1v) is 5.95. The minimum Gasteiger partial charge on any atom is -0.399 e. The highest BCUT2D eigenvalue weighted by atomic mass is 16.2. The van der Waals surface area contributed by atoms with Crippen LogP contribution in [0.15, 0.2) is 42.7 Å². The summed E-state index contributed by atoms with van der Waals surface area (Å²) in [6.45, 7) is 2.42. The van der Waals surface area contributed by atoms with Crippen LogP contribution in [0.1, 0.15) is 11.1 Å². The predicted octanol–water partition coefficient (Wildman–Crippen LogP) is 2.29. The van der Waals surface area contributed by atoms with Gasteiger partial charge in [0.2, 0.25) is 0 Å². The molecule has 4 N–H and O–H groups in total. The molecule has 0 saturated heterocycles. The van der Waals surface area contributed by atoms with Crippen LogP contribution in [0.25, 0.3) is 0 Å². The number of nitrogens with one attached hydrogen (secondary N) is 2. The van der Waals surface area contributed by atoms with Gasteiger partial charge in [0.25, 0.3) is 0 Å². The number of carbonyl (C=O) groups is 1. The molecular formula is C14H16N4O. The Balaban J connectivity index is 1.90. The van der Waals surface area contributed by atoms with Gasteiger partial charge in [0.05, 0.1) is 0 Å². The van der Waals surface area contributed by atoms with E-state index in [9.17, 15) is 4.79 Å². The highest BCUT2D eigenvalue weighted by Gasteiger charge is 2.03. The maximum atomic E-state index is 11.7. The second-order valence-electron chi connectivity index (χ2n) is 4.24. The van der Waals surface area contributed by atoms with Gasteiger partial charge in [0.15, 0.2) is 0 Å². The van der Waals surface area contributed by atoms with Gasteiger partial charge in [0.1, 0.15) is 0 Å². The molecule has 0 atom stereocenters. The summed E-state index contributed by atoms with van der Waals surface area (Å²) in [6, 6.07) is 8.68. The number of amides is 2. The Kier molecular flexibility index (Phi) is 3.97. The van der Waals surface area contributed by atoms with Gasteiger partial charge in [0, 0.05) is 30.3 Å². The smallest absolute Gasteiger partial charge is 0.319 e. The van der Waals surface area contributed by atoms with E-state index >= 15 is 0 Å². The van der Waals surface area contributed by atoms with Crippen LogP contribution < -0.4 is 16.4 Å². The maximum absolute atomic E-state index is 11.7. The van der Waals surface area contributed by atoms with Crippen LogP contribution in [-0.2, 0) is 6.54 Å². The molecule has 0 unspecified atom stereocenters. The van der Waals surface area contributed by atoms with E-state index < -0.39 is 0 Å². The molecule has 2 rings (SSSR count). The highest BCUT2D eigenvalue weighted by molar-refractivity contribution is 5.89. The van der Waals surface area contributed by atoms with E-state index in [0.29, 0.717) is 17.9 Å². The standard InChI is InChI=1S/C14H16N4O/c1-10-5-6-16-8-11(10)9-17-14(19)18-13-4-2-3-12(15)7-13/h2-8H,9,15H2,1H3,(H2,17,18,19). The Morgan fingerprint density at radius 1 is 1.37 bits per heavy atom. The summed E-state index contributed by atoms with van der Waals surface area (Å²) in [5, 5.41) is 5.50. The van der Waals surface area contributed by atoms with E-state index in [1.54, 1.807) is 36.7 Å². The third-order valence-corrected chi connectivity index (χ3v) is 2.73. The fourth-order valence-electron chi connectivity index (χ4n) is 1.65. The molecule has 0 fully saturated rings. The molecule has 2 amide bonds. The number of carbonyl (C=O) groups excluding carboxylic acids is 1. The van der Waals surface area contributed by atoms with Crippen LogP contribution >= 0.6 is 0 Å². The van der Waals surface area contributed by atoms with Crippen molar-refractivity contribution in [1.29, 1.82) is 0 Å². The molecule has 0 radical (unpaired) electrons. The summed E-state index contributed by atoms with van der Waals surface area (Å²) in [7, 11) is 0. The first-order valence-electron chi connectivity index (χ1n) is 5.95. The van der Waals surface area contributed by atoms with Gasteiger partial charge in [-0.2, -0.15) is 0 Å². The summed E-state index contributed by atoms with van der Waals surface area (Å²) in [5.74, 6) is 0. The lowest BCUT2D eigenvalue weighted by Gasteiger charge is -2.09. The number of nitrogens with zero attached hydrogens (tertiary/aromatic N) is 1. The quantitative estimate of drug-likeness (QED) is 0.737. The number of anilines is 2. The van der Waals surface area contributed by atoms with Crippen molar-refractivity contribution in [3.8, 4) is 0 Å². The molecule has 0 aliphatic rings. The number of aromatic nitrogens is 1. The van der Waals surface area contributed by atoms with Gasteiger partial charge >= 0.3 is 6.03 Å². The third-order valence-electron chi connectivity index (χ3n) is 2.73. The summed E-state index contributed by atoms with van der Waals surface area (Å²) >= 11 is 0. The molecule has 98 valence electrons. The van der Waals surface area contributed by atoms with Crippen molar-refractivity contribution in [3.05, 3.63) is 53.9 Å². The van der Waals surface area contributed by atoms with Gasteiger partial charge in [-0.1, -0.05) is 6.07 Å². The molecule has 0 bridgehead atoms. The van der Waals surface area contributed by atoms with Crippen molar-refractivity contribution in [3.63, 3.8) is 0 Å². The Labute approximate surface area is 111 Å². The summed E-state index contributed by atoms with van der Waals surface area (Å²) in [4.78, 5) is 15.8. The number of aryl methyl sites for hydroxylation is 1. The molecule has 0 saturated carbocycles. The normalized spacial score (nSPS) is 9.95. The molecule has 19 heavy (non-hydrogen) atoms. The van der Waals surface area contributed by atoms with E-state index in [1.807, 2.05) is 13.0 Å². The number of nitrogen functional groups attached to an aromatic ring is 1. The van der Waals surface area contributed by atoms with Crippen molar-refractivity contribution < 1.29 is 4.79 Å². The lowest BCUT2D eigenvalue weighted by atomic mass is 10.2. The lowest BCUT2D eigenvalue weighted by Crippen LogP contribution is -2.28. The largest absolute Gasteiger partial charge is 0.399 e. The number of pyridine rings is 1. The number of rotatable bonds is 3. The molecule has 5 heteroatoms. The first kappa shape index (κ1) is 12.9. The zero-order valence-electron chi connectivity index (χ0n) is 10.7. The van der Waals surface area contributed by atoms with Gasteiger partial charge in [-0.25, -0.2) is 4.79 Å². The number of hydrogen-bond donors (Lipinski definition) is 3. The number of nitrogens with two attached hydrogens (primary N) is 1. The topological polar surface area (TPSA) is 80.0 Å². The van der Waals surface area contributed by atoms with Gasteiger partial charge in [-0.05, 0) is 42.3 Å². The Hall–Kier alpha value is -2.56. The van der Waals surface area contributed by atoms with Crippen molar-refractivity contribution in [2.45, 2.75) is 13.5 Å². The Bertz CT molecular complexity index is 583. The second-order valence-corrected chi connectivity index (χ2v) is 4.24. The van der Waals surface area contributed by atoms with Crippen molar-refractivity contribution >= 4 is 17.4 Å². The lowest BCUT2D eigenvalue weighted by molar-refractivity contribution is 0.251. The minimum atomic E-state index is -0.270. The van der Waals surface area contributed by atoms with E-state index in [4.69, 9.17) is 5.73 Å². The zero-order chi connectivity index (χ0) is 13.7. The molecule has 0 aliphatic carbocycles. The zero-order valence-corrected chi connectivity index (χ0v) is 10.7. The molecule has 1 aromatic heterocycles. The van der Waals surface area contributed by atoms with Crippen LogP contribution in [0, 0.1) is 6.92 Å². The first-order chi connectivity index (χ1) is 9.15. The fourth-order valence-corrected chi connectivity index (χ4v) is 1.65. The minimum absolute atomic E-state index is 0.270. The SMILES string of the molecule is Cc1ccncc1CNC(=O)Nc1cccc(N)c1. The highest BCUT2D eigenvalue weighted by Crippen LogP contribution is 2.11. The van der Waals surface area contributed by atoms with E-state index in [1.165, 1.54) is 0 Å². The Morgan fingerprint density at radius 3 is 2.95 bits per heavy atom. The van der Waals surface area contributed by atoms with Gasteiger partial charge < -0.3 is 16.4 Å². The van der Waals surface area contributed by atoms with Crippen molar-refractivity contribution in [1.82, 2.24) is 10.3 Å². The average molecular weight is 256 g/mol. The second kappa shape index (κ2) is 5.86. The van der Waals surface area contributed by atoms with E-state index in [0.717, 1.165) is 11.1 Å². The van der Waals surface area contributed by atoms with Crippen LogP contribution in [0.3, 0.4) is 0 Å². The number of hydrogen-bond acceptors (Lipinski definition) is 3. The van der Waals surface area contributed by atoms with Gasteiger partial charge in [-0.3, -0.25) is 4.98 Å². The monoisotopic (exact) mass is 256 g/mol. The van der Waals surface area contributed by atoms with Crippen molar-refractivity contribution in [2.75, 3.05) is 11.1 Å². The fraction of sp³-hybridized carbons (Fsp3) is 0.143. The predicted molar refractivity (Wildman–Crippen MR) is 75.7 cm³/mol. The summed E-state index contributed by atoms with van der Waals surface area (Å²) < 4.78 is 0.